The number of carbonyl (C=O) groups excluding carboxylic acids is 1. The van der Waals surface area contributed by atoms with Gasteiger partial charge in [0, 0.05) is 37.3 Å². The van der Waals surface area contributed by atoms with Gasteiger partial charge in [-0.1, -0.05) is 60.7 Å². The maximum atomic E-state index is 13.6. The van der Waals surface area contributed by atoms with Gasteiger partial charge in [0.1, 0.15) is 0 Å². The SMILES string of the molecule is CC(C)n1ncc2c(C(=O)N(C)CCCC3CC(c4ccccc4)NN3)cc(-c3ccccc3)nc21. The van der Waals surface area contributed by atoms with E-state index in [1.54, 1.807) is 6.20 Å². The number of nitrogens with one attached hydrogen (secondary N) is 2. The van der Waals surface area contributed by atoms with Gasteiger partial charge in [-0.05, 0) is 44.7 Å². The molecule has 5 rings (SSSR count). The van der Waals surface area contributed by atoms with E-state index in [1.807, 2.05) is 59.1 Å². The van der Waals surface area contributed by atoms with Crippen LogP contribution in [0.2, 0.25) is 0 Å². The zero-order valence-electron chi connectivity index (χ0n) is 21.2. The second-order valence-corrected chi connectivity index (χ2v) is 9.89. The lowest BCUT2D eigenvalue weighted by molar-refractivity contribution is 0.0793. The summed E-state index contributed by atoms with van der Waals surface area (Å²) >= 11 is 0. The van der Waals surface area contributed by atoms with E-state index in [2.05, 4.69) is 54.1 Å². The largest absolute Gasteiger partial charge is 0.342 e. The van der Waals surface area contributed by atoms with Gasteiger partial charge in [-0.3, -0.25) is 15.6 Å². The second-order valence-electron chi connectivity index (χ2n) is 9.89. The van der Waals surface area contributed by atoms with Crippen molar-refractivity contribution in [3.8, 4) is 11.3 Å². The van der Waals surface area contributed by atoms with Gasteiger partial charge < -0.3 is 4.90 Å². The fourth-order valence-electron chi connectivity index (χ4n) is 4.93. The Labute approximate surface area is 212 Å². The molecule has 0 aliphatic carbocycles. The van der Waals surface area contributed by atoms with Crippen molar-refractivity contribution >= 4 is 16.9 Å². The molecule has 2 N–H and O–H groups in total. The molecule has 2 unspecified atom stereocenters. The Bertz CT molecular complexity index is 1320. The van der Waals surface area contributed by atoms with Crippen LogP contribution in [0.3, 0.4) is 0 Å². The van der Waals surface area contributed by atoms with Crippen molar-refractivity contribution in [1.29, 1.82) is 0 Å². The average molecular weight is 483 g/mol. The highest BCUT2D eigenvalue weighted by Crippen LogP contribution is 2.28. The average Bonchev–Trinajstić information content (AvgIpc) is 3.56. The normalized spacial score (nSPS) is 17.7. The van der Waals surface area contributed by atoms with Crippen LogP contribution in [0.15, 0.2) is 72.9 Å². The summed E-state index contributed by atoms with van der Waals surface area (Å²) < 4.78 is 1.89. The number of benzene rings is 2. The summed E-state index contributed by atoms with van der Waals surface area (Å²) in [7, 11) is 1.89. The Morgan fingerprint density at radius 2 is 1.81 bits per heavy atom. The van der Waals surface area contributed by atoms with Gasteiger partial charge in [0.15, 0.2) is 5.65 Å². The Morgan fingerprint density at radius 1 is 1.08 bits per heavy atom. The topological polar surface area (TPSA) is 75.1 Å². The molecule has 0 radical (unpaired) electrons. The van der Waals surface area contributed by atoms with Gasteiger partial charge in [-0.15, -0.1) is 0 Å². The summed E-state index contributed by atoms with van der Waals surface area (Å²) in [6, 6.07) is 23.3. The van der Waals surface area contributed by atoms with E-state index in [-0.39, 0.29) is 11.9 Å². The van der Waals surface area contributed by atoms with E-state index in [9.17, 15) is 4.79 Å². The first-order valence-corrected chi connectivity index (χ1v) is 12.8. The minimum absolute atomic E-state index is 0.00237. The predicted octanol–water partition coefficient (Wildman–Crippen LogP) is 5.14. The molecule has 0 spiro atoms. The number of hydrogen-bond donors (Lipinski definition) is 2. The molecule has 1 aliphatic rings. The maximum absolute atomic E-state index is 13.6. The molecular formula is C29H34N6O. The number of nitrogens with zero attached hydrogens (tertiary/aromatic N) is 4. The molecule has 1 amide bonds. The van der Waals surface area contributed by atoms with Crippen molar-refractivity contribution in [3.05, 3.63) is 84.1 Å². The number of rotatable bonds is 8. The monoisotopic (exact) mass is 482 g/mol. The maximum Gasteiger partial charge on any atom is 0.254 e. The van der Waals surface area contributed by atoms with Gasteiger partial charge >= 0.3 is 0 Å². The first-order valence-electron chi connectivity index (χ1n) is 12.8. The Balaban J connectivity index is 1.29. The molecule has 7 heteroatoms. The Morgan fingerprint density at radius 3 is 2.53 bits per heavy atom. The summed E-state index contributed by atoms with van der Waals surface area (Å²) in [5.74, 6) is 0.00237. The molecule has 0 saturated carbocycles. The van der Waals surface area contributed by atoms with Gasteiger partial charge in [0.05, 0.1) is 22.8 Å². The van der Waals surface area contributed by atoms with Crippen molar-refractivity contribution in [2.45, 2.75) is 51.2 Å². The van der Waals surface area contributed by atoms with Crippen molar-refractivity contribution in [1.82, 2.24) is 30.5 Å². The minimum atomic E-state index is 0.00237. The number of carbonyl (C=O) groups is 1. The van der Waals surface area contributed by atoms with Gasteiger partial charge in [0.25, 0.3) is 5.91 Å². The zero-order chi connectivity index (χ0) is 25.1. The first-order chi connectivity index (χ1) is 17.5. The smallest absolute Gasteiger partial charge is 0.254 e. The van der Waals surface area contributed by atoms with E-state index >= 15 is 0 Å². The quantitative estimate of drug-likeness (QED) is 0.364. The first kappa shape index (κ1) is 24.2. The molecule has 36 heavy (non-hydrogen) atoms. The highest BCUT2D eigenvalue weighted by atomic mass is 16.2. The highest BCUT2D eigenvalue weighted by Gasteiger charge is 2.25. The van der Waals surface area contributed by atoms with Gasteiger partial charge in [0.2, 0.25) is 0 Å². The van der Waals surface area contributed by atoms with Crippen LogP contribution < -0.4 is 10.9 Å². The van der Waals surface area contributed by atoms with Crippen molar-refractivity contribution in [2.24, 2.45) is 0 Å². The van der Waals surface area contributed by atoms with Crippen LogP contribution in [0.4, 0.5) is 0 Å². The summed E-state index contributed by atoms with van der Waals surface area (Å²) in [6.45, 7) is 4.84. The van der Waals surface area contributed by atoms with Crippen LogP contribution in [-0.4, -0.2) is 45.2 Å². The third-order valence-electron chi connectivity index (χ3n) is 6.93. The second kappa shape index (κ2) is 10.6. The van der Waals surface area contributed by atoms with Crippen LogP contribution in [0.1, 0.15) is 61.1 Å². The molecule has 7 nitrogen and oxygen atoms in total. The molecular weight excluding hydrogens is 448 g/mol. The lowest BCUT2D eigenvalue weighted by Gasteiger charge is -2.19. The summed E-state index contributed by atoms with van der Waals surface area (Å²) in [4.78, 5) is 20.3. The van der Waals surface area contributed by atoms with E-state index in [4.69, 9.17) is 4.98 Å². The fraction of sp³-hybridized carbons (Fsp3) is 0.345. The van der Waals surface area contributed by atoms with E-state index < -0.39 is 0 Å². The molecule has 1 saturated heterocycles. The summed E-state index contributed by atoms with van der Waals surface area (Å²) in [5.41, 5.74) is 11.3. The van der Waals surface area contributed by atoms with Crippen molar-refractivity contribution < 1.29 is 4.79 Å². The number of hydrazine groups is 1. The summed E-state index contributed by atoms with van der Waals surface area (Å²) in [5, 5.41) is 5.35. The molecule has 0 bridgehead atoms. The van der Waals surface area contributed by atoms with Gasteiger partial charge in [-0.25, -0.2) is 9.67 Å². The molecule has 2 atom stereocenters. The molecule has 4 aromatic rings. The molecule has 186 valence electrons. The number of fused-ring (bicyclic) bond motifs is 1. The lowest BCUT2D eigenvalue weighted by atomic mass is 10.00. The fourth-order valence-corrected chi connectivity index (χ4v) is 4.93. The summed E-state index contributed by atoms with van der Waals surface area (Å²) in [6.07, 6.45) is 4.74. The standard InChI is InChI=1S/C29H34N6O/c1-20(2)35-28-25(19-30-35)24(18-26(31-28)21-11-6-4-7-12-21)29(36)34(3)16-10-15-23-17-27(33-32-23)22-13-8-5-9-14-22/h4-9,11-14,18-20,23,27,32-33H,10,15-17H2,1-3H3. The third kappa shape index (κ3) is 5.03. The molecule has 3 heterocycles. The van der Waals surface area contributed by atoms with Crippen LogP contribution in [0.25, 0.3) is 22.3 Å². The highest BCUT2D eigenvalue weighted by molar-refractivity contribution is 6.06. The molecule has 1 fully saturated rings. The number of pyridine rings is 1. The predicted molar refractivity (Wildman–Crippen MR) is 143 cm³/mol. The number of aromatic nitrogens is 3. The Hall–Kier alpha value is -3.55. The Kier molecular flexibility index (Phi) is 7.11. The third-order valence-corrected chi connectivity index (χ3v) is 6.93. The zero-order valence-corrected chi connectivity index (χ0v) is 21.2. The van der Waals surface area contributed by atoms with Crippen LogP contribution in [-0.2, 0) is 0 Å². The molecule has 2 aromatic carbocycles. The minimum Gasteiger partial charge on any atom is -0.342 e. The lowest BCUT2D eigenvalue weighted by Crippen LogP contribution is -2.32. The molecule has 2 aromatic heterocycles. The van der Waals surface area contributed by atoms with Crippen molar-refractivity contribution in [2.75, 3.05) is 13.6 Å². The van der Waals surface area contributed by atoms with Crippen LogP contribution in [0, 0.1) is 0 Å². The van der Waals surface area contributed by atoms with Crippen LogP contribution >= 0.6 is 0 Å². The number of hydrogen-bond acceptors (Lipinski definition) is 5. The van der Waals surface area contributed by atoms with Gasteiger partial charge in [-0.2, -0.15) is 5.10 Å². The number of amides is 1. The van der Waals surface area contributed by atoms with Crippen LogP contribution in [0.5, 0.6) is 0 Å². The van der Waals surface area contributed by atoms with E-state index in [0.29, 0.717) is 24.2 Å². The molecule has 1 aliphatic heterocycles. The van der Waals surface area contributed by atoms with E-state index in [0.717, 1.165) is 41.6 Å². The van der Waals surface area contributed by atoms with E-state index in [1.165, 1.54) is 5.56 Å². The van der Waals surface area contributed by atoms with Crippen molar-refractivity contribution in [3.63, 3.8) is 0 Å².